The second kappa shape index (κ2) is 7.04. The van der Waals surface area contributed by atoms with Crippen molar-refractivity contribution in [3.63, 3.8) is 0 Å². The molecule has 0 spiro atoms. The van der Waals surface area contributed by atoms with E-state index in [2.05, 4.69) is 52.5 Å². The van der Waals surface area contributed by atoms with E-state index in [1.807, 2.05) is 12.1 Å². The van der Waals surface area contributed by atoms with Gasteiger partial charge in [0.2, 0.25) is 0 Å². The first-order chi connectivity index (χ1) is 12.2. The highest BCUT2D eigenvalue weighted by Gasteiger charge is 2.23. The molecule has 1 saturated carbocycles. The smallest absolute Gasteiger partial charge is 0.268 e. The van der Waals surface area contributed by atoms with E-state index in [1.165, 1.54) is 29.7 Å². The first-order valence-electron chi connectivity index (χ1n) is 9.18. The van der Waals surface area contributed by atoms with Crippen molar-refractivity contribution in [3.8, 4) is 0 Å². The van der Waals surface area contributed by atoms with Crippen LogP contribution < -0.4 is 5.32 Å². The van der Waals surface area contributed by atoms with Gasteiger partial charge in [0.1, 0.15) is 10.5 Å². The summed E-state index contributed by atoms with van der Waals surface area (Å²) in [6.45, 7) is 2.17. The third-order valence-corrected chi connectivity index (χ3v) is 6.21. The summed E-state index contributed by atoms with van der Waals surface area (Å²) in [7, 11) is 0. The standard InChI is InChI=1S/C21H24N2OS/c1-15(16-8-4-2-5-9-16)23-19(14-17-12-13-25-21(17)23)20(24)22-18-10-6-3-7-11-18/h2,4-5,8-9,12-15,18H,3,6-7,10-11H2,1H3,(H,22,24)/t15-/m0/s1. The number of fused-ring (bicyclic) bond motifs is 1. The predicted molar refractivity (Wildman–Crippen MR) is 104 cm³/mol. The molecule has 1 N–H and O–H groups in total. The van der Waals surface area contributed by atoms with Crippen molar-refractivity contribution >= 4 is 27.5 Å². The highest BCUT2D eigenvalue weighted by atomic mass is 32.1. The monoisotopic (exact) mass is 352 g/mol. The molecule has 25 heavy (non-hydrogen) atoms. The summed E-state index contributed by atoms with van der Waals surface area (Å²) >= 11 is 1.70. The van der Waals surface area contributed by atoms with Gasteiger partial charge in [-0.15, -0.1) is 11.3 Å². The van der Waals surface area contributed by atoms with Crippen molar-refractivity contribution in [2.45, 2.75) is 51.1 Å². The predicted octanol–water partition coefficient (Wildman–Crippen LogP) is 5.37. The molecular weight excluding hydrogens is 328 g/mol. The van der Waals surface area contributed by atoms with E-state index in [1.54, 1.807) is 11.3 Å². The largest absolute Gasteiger partial charge is 0.348 e. The number of aromatic nitrogens is 1. The van der Waals surface area contributed by atoms with E-state index in [9.17, 15) is 4.79 Å². The van der Waals surface area contributed by atoms with Crippen molar-refractivity contribution < 1.29 is 4.79 Å². The van der Waals surface area contributed by atoms with Crippen LogP contribution in [0.15, 0.2) is 47.8 Å². The Hall–Kier alpha value is -2.07. The van der Waals surface area contributed by atoms with Gasteiger partial charge in [0.25, 0.3) is 5.91 Å². The van der Waals surface area contributed by atoms with Crippen LogP contribution in [0.5, 0.6) is 0 Å². The van der Waals surface area contributed by atoms with E-state index in [4.69, 9.17) is 0 Å². The minimum atomic E-state index is 0.0677. The minimum absolute atomic E-state index is 0.0677. The molecule has 3 aromatic rings. The van der Waals surface area contributed by atoms with Crippen molar-refractivity contribution in [1.29, 1.82) is 0 Å². The summed E-state index contributed by atoms with van der Waals surface area (Å²) in [5.74, 6) is 0.0677. The lowest BCUT2D eigenvalue weighted by molar-refractivity contribution is 0.0918. The molecule has 1 aromatic carbocycles. The van der Waals surface area contributed by atoms with Crippen molar-refractivity contribution in [2.24, 2.45) is 0 Å². The molecule has 1 fully saturated rings. The van der Waals surface area contributed by atoms with Gasteiger partial charge in [0.15, 0.2) is 0 Å². The number of hydrogen-bond donors (Lipinski definition) is 1. The average Bonchev–Trinajstić information content (AvgIpc) is 3.24. The van der Waals surface area contributed by atoms with Gasteiger partial charge in [-0.05, 0) is 42.8 Å². The Morgan fingerprint density at radius 2 is 1.92 bits per heavy atom. The third kappa shape index (κ3) is 3.23. The summed E-state index contributed by atoms with van der Waals surface area (Å²) in [5.41, 5.74) is 2.00. The van der Waals surface area contributed by atoms with Gasteiger partial charge in [-0.25, -0.2) is 0 Å². The third-order valence-electron chi connectivity index (χ3n) is 5.29. The first-order valence-corrected chi connectivity index (χ1v) is 10.1. The molecule has 1 atom stereocenters. The molecule has 0 saturated heterocycles. The summed E-state index contributed by atoms with van der Waals surface area (Å²) in [6.07, 6.45) is 5.95. The topological polar surface area (TPSA) is 34.0 Å². The van der Waals surface area contributed by atoms with E-state index in [0.717, 1.165) is 23.9 Å². The normalized spacial score (nSPS) is 16.8. The molecule has 1 aliphatic carbocycles. The fraction of sp³-hybridized carbons (Fsp3) is 0.381. The summed E-state index contributed by atoms with van der Waals surface area (Å²) in [5, 5.41) is 6.53. The first kappa shape index (κ1) is 16.4. The van der Waals surface area contributed by atoms with E-state index in [-0.39, 0.29) is 11.9 Å². The van der Waals surface area contributed by atoms with Gasteiger partial charge >= 0.3 is 0 Å². The van der Waals surface area contributed by atoms with Crippen LogP contribution in [0.1, 0.15) is 61.1 Å². The Kier molecular flexibility index (Phi) is 4.62. The van der Waals surface area contributed by atoms with Crippen molar-refractivity contribution in [2.75, 3.05) is 0 Å². The van der Waals surface area contributed by atoms with Crippen LogP contribution in [-0.4, -0.2) is 16.5 Å². The molecule has 4 rings (SSSR count). The number of nitrogens with one attached hydrogen (secondary N) is 1. The number of carbonyl (C=O) groups is 1. The van der Waals surface area contributed by atoms with Crippen LogP contribution in [0.25, 0.3) is 10.2 Å². The second-order valence-electron chi connectivity index (χ2n) is 6.98. The average molecular weight is 353 g/mol. The van der Waals surface area contributed by atoms with E-state index >= 15 is 0 Å². The quantitative estimate of drug-likeness (QED) is 0.672. The molecule has 2 aromatic heterocycles. The van der Waals surface area contributed by atoms with Crippen molar-refractivity contribution in [3.05, 3.63) is 59.1 Å². The molecule has 0 bridgehead atoms. The molecule has 4 heteroatoms. The van der Waals surface area contributed by atoms with Crippen LogP contribution in [0.3, 0.4) is 0 Å². The number of nitrogens with zero attached hydrogens (tertiary/aromatic N) is 1. The molecule has 1 aliphatic rings. The Balaban J connectivity index is 1.68. The molecule has 0 aliphatic heterocycles. The summed E-state index contributed by atoms with van der Waals surface area (Å²) in [4.78, 5) is 14.2. The molecule has 2 heterocycles. The molecule has 1 amide bonds. The van der Waals surface area contributed by atoms with Gasteiger partial charge in [0, 0.05) is 11.4 Å². The van der Waals surface area contributed by atoms with Crippen LogP contribution in [-0.2, 0) is 0 Å². The maximum atomic E-state index is 13.0. The maximum Gasteiger partial charge on any atom is 0.268 e. The van der Waals surface area contributed by atoms with Crippen molar-refractivity contribution in [1.82, 2.24) is 9.88 Å². The molecule has 3 nitrogen and oxygen atoms in total. The fourth-order valence-electron chi connectivity index (χ4n) is 3.89. The lowest BCUT2D eigenvalue weighted by atomic mass is 9.95. The SMILES string of the molecule is C[C@@H](c1ccccc1)n1c(C(=O)NC2CCCCC2)cc2ccsc21. The summed E-state index contributed by atoms with van der Waals surface area (Å²) < 4.78 is 2.20. The number of rotatable bonds is 4. The number of thiophene rings is 1. The Bertz CT molecular complexity index is 859. The molecular formula is C21H24N2OS. The molecule has 0 unspecified atom stereocenters. The number of amides is 1. The summed E-state index contributed by atoms with van der Waals surface area (Å²) in [6, 6.07) is 15.0. The highest BCUT2D eigenvalue weighted by molar-refractivity contribution is 7.16. The maximum absolute atomic E-state index is 13.0. The Morgan fingerprint density at radius 1 is 1.16 bits per heavy atom. The van der Waals surface area contributed by atoms with Crippen LogP contribution in [0, 0.1) is 0 Å². The van der Waals surface area contributed by atoms with Crippen LogP contribution in [0.4, 0.5) is 0 Å². The number of hydrogen-bond acceptors (Lipinski definition) is 2. The zero-order valence-corrected chi connectivity index (χ0v) is 15.4. The zero-order chi connectivity index (χ0) is 17.2. The van der Waals surface area contributed by atoms with Gasteiger partial charge in [-0.2, -0.15) is 0 Å². The lowest BCUT2D eigenvalue weighted by Crippen LogP contribution is -2.37. The molecule has 130 valence electrons. The Labute approximate surface area is 152 Å². The van der Waals surface area contributed by atoms with Gasteiger partial charge in [-0.1, -0.05) is 49.6 Å². The van der Waals surface area contributed by atoms with Gasteiger partial charge < -0.3 is 9.88 Å². The zero-order valence-electron chi connectivity index (χ0n) is 14.6. The van der Waals surface area contributed by atoms with E-state index in [0.29, 0.717) is 6.04 Å². The number of benzene rings is 1. The van der Waals surface area contributed by atoms with Gasteiger partial charge in [-0.3, -0.25) is 4.79 Å². The lowest BCUT2D eigenvalue weighted by Gasteiger charge is -2.24. The highest BCUT2D eigenvalue weighted by Crippen LogP contribution is 2.32. The van der Waals surface area contributed by atoms with E-state index < -0.39 is 0 Å². The van der Waals surface area contributed by atoms with Crippen LogP contribution in [0.2, 0.25) is 0 Å². The minimum Gasteiger partial charge on any atom is -0.348 e. The molecule has 0 radical (unpaired) electrons. The van der Waals surface area contributed by atoms with Gasteiger partial charge in [0.05, 0.1) is 6.04 Å². The van der Waals surface area contributed by atoms with Crippen LogP contribution >= 0.6 is 11.3 Å². The Morgan fingerprint density at radius 3 is 2.68 bits per heavy atom. The fourth-order valence-corrected chi connectivity index (χ4v) is 4.87. The number of carbonyl (C=O) groups excluding carboxylic acids is 1. The second-order valence-corrected chi connectivity index (χ2v) is 7.87.